The number of anilines is 1. The number of carbonyl (C=O) groups is 1. The molecule has 1 aliphatic rings. The number of nitrogens with one attached hydrogen (secondary N) is 1. The van der Waals surface area contributed by atoms with Gasteiger partial charge >= 0.3 is 0 Å². The van der Waals surface area contributed by atoms with Crippen molar-refractivity contribution in [2.45, 2.75) is 31.7 Å². The van der Waals surface area contributed by atoms with E-state index in [4.69, 9.17) is 16.1 Å². The van der Waals surface area contributed by atoms with Crippen LogP contribution in [-0.2, 0) is 14.8 Å². The van der Waals surface area contributed by atoms with Crippen molar-refractivity contribution in [1.29, 1.82) is 0 Å². The fraction of sp³-hybridized carbons (Fsp3) is 0.444. The van der Waals surface area contributed by atoms with Crippen LogP contribution in [-0.4, -0.2) is 61.5 Å². The van der Waals surface area contributed by atoms with Gasteiger partial charge < -0.3 is 14.3 Å². The normalized spacial score (nSPS) is 15.7. The third-order valence-corrected chi connectivity index (χ3v) is 7.02. The number of hydrogen-bond acceptors (Lipinski definition) is 8. The number of rotatable bonds is 6. The maximum atomic E-state index is 12.8. The van der Waals surface area contributed by atoms with Crippen LogP contribution in [0.4, 0.5) is 11.4 Å². The van der Waals surface area contributed by atoms with Gasteiger partial charge in [-0.2, -0.15) is 4.72 Å². The third kappa shape index (κ3) is 4.81. The van der Waals surface area contributed by atoms with Gasteiger partial charge in [0.1, 0.15) is 16.3 Å². The number of amides is 1. The molecular formula is C18H22ClN5O6S. The van der Waals surface area contributed by atoms with E-state index >= 15 is 0 Å². The Morgan fingerprint density at radius 3 is 2.48 bits per heavy atom. The number of nitro benzene ring substituents is 1. The Balaban J connectivity index is 1.66. The van der Waals surface area contributed by atoms with E-state index in [0.717, 1.165) is 0 Å². The number of hydrogen-bond donors (Lipinski definition) is 1. The van der Waals surface area contributed by atoms with Gasteiger partial charge in [-0.1, -0.05) is 16.8 Å². The molecule has 1 fully saturated rings. The molecule has 13 heteroatoms. The number of halogens is 1. The van der Waals surface area contributed by atoms with Gasteiger partial charge in [-0.25, -0.2) is 8.42 Å². The Morgan fingerprint density at radius 1 is 1.29 bits per heavy atom. The van der Waals surface area contributed by atoms with Gasteiger partial charge in [0.25, 0.3) is 5.69 Å². The predicted octanol–water partition coefficient (Wildman–Crippen LogP) is 1.87. The Hall–Kier alpha value is -2.70. The number of nitrogens with zero attached hydrogens (tertiary/aromatic N) is 4. The number of aromatic nitrogens is 1. The van der Waals surface area contributed by atoms with Gasteiger partial charge in [0.2, 0.25) is 15.9 Å². The molecule has 1 aromatic carbocycles. The van der Waals surface area contributed by atoms with Crippen LogP contribution in [0.5, 0.6) is 0 Å². The van der Waals surface area contributed by atoms with E-state index in [1.165, 1.54) is 31.7 Å². The van der Waals surface area contributed by atoms with Gasteiger partial charge in [-0.3, -0.25) is 14.9 Å². The second-order valence-corrected chi connectivity index (χ2v) is 9.29. The molecule has 11 nitrogen and oxygen atoms in total. The van der Waals surface area contributed by atoms with Gasteiger partial charge in [0.15, 0.2) is 5.76 Å². The molecule has 0 bridgehead atoms. The van der Waals surface area contributed by atoms with Crippen LogP contribution in [0.25, 0.3) is 0 Å². The number of benzene rings is 1. The highest BCUT2D eigenvalue weighted by atomic mass is 35.5. The largest absolute Gasteiger partial charge is 0.362 e. The summed E-state index contributed by atoms with van der Waals surface area (Å²) in [5.41, 5.74) is 0.532. The molecule has 0 aliphatic carbocycles. The summed E-state index contributed by atoms with van der Waals surface area (Å²) in [6.07, 6.45) is 0. The molecule has 1 aromatic heterocycles. The summed E-state index contributed by atoms with van der Waals surface area (Å²) in [5, 5.41) is 15.2. The van der Waals surface area contributed by atoms with Crippen molar-refractivity contribution >= 4 is 38.9 Å². The topological polar surface area (TPSA) is 139 Å². The van der Waals surface area contributed by atoms with E-state index in [2.05, 4.69) is 9.88 Å². The lowest BCUT2D eigenvalue weighted by molar-refractivity contribution is -0.384. The van der Waals surface area contributed by atoms with E-state index in [9.17, 15) is 23.3 Å². The van der Waals surface area contributed by atoms with E-state index < -0.39 is 21.0 Å². The molecule has 1 saturated heterocycles. The second-order valence-electron chi connectivity index (χ2n) is 7.20. The van der Waals surface area contributed by atoms with Crippen LogP contribution in [0.15, 0.2) is 27.6 Å². The van der Waals surface area contributed by atoms with Gasteiger partial charge in [-0.15, -0.1) is 0 Å². The van der Waals surface area contributed by atoms with Gasteiger partial charge in [0.05, 0.1) is 11.0 Å². The maximum Gasteiger partial charge on any atom is 0.294 e. The minimum Gasteiger partial charge on any atom is -0.362 e. The Labute approximate surface area is 184 Å². The lowest BCUT2D eigenvalue weighted by atomic mass is 10.2. The fourth-order valence-electron chi connectivity index (χ4n) is 3.55. The van der Waals surface area contributed by atoms with Gasteiger partial charge in [-0.05, 0) is 32.9 Å². The number of nitro groups is 1. The first kappa shape index (κ1) is 23.0. The summed E-state index contributed by atoms with van der Waals surface area (Å²) >= 11 is 5.87. The van der Waals surface area contributed by atoms with Crippen LogP contribution >= 0.6 is 11.6 Å². The van der Waals surface area contributed by atoms with Crippen molar-refractivity contribution in [3.63, 3.8) is 0 Å². The number of piperazine rings is 1. The predicted molar refractivity (Wildman–Crippen MR) is 113 cm³/mol. The Morgan fingerprint density at radius 2 is 1.94 bits per heavy atom. The zero-order valence-electron chi connectivity index (χ0n) is 17.2. The van der Waals surface area contributed by atoms with Crippen molar-refractivity contribution in [1.82, 2.24) is 14.8 Å². The minimum atomic E-state index is -3.99. The standard InChI is InChI=1S/C18H22ClN5O6S/c1-11-17(13(3)30-20-11)31(28,29)21-12(2)18(25)23-8-6-22(7-9-23)15-5-4-14(19)10-16(15)24(26)27/h4-5,10,12,21H,6-9H2,1-3H3/t12-/m0/s1. The molecule has 31 heavy (non-hydrogen) atoms. The van der Waals surface area contributed by atoms with Crippen molar-refractivity contribution in [2.75, 3.05) is 31.1 Å². The summed E-state index contributed by atoms with van der Waals surface area (Å²) in [7, 11) is -3.99. The zero-order valence-corrected chi connectivity index (χ0v) is 18.7. The smallest absolute Gasteiger partial charge is 0.294 e. The maximum absolute atomic E-state index is 12.8. The monoisotopic (exact) mass is 471 g/mol. The number of carbonyl (C=O) groups excluding carboxylic acids is 1. The summed E-state index contributed by atoms with van der Waals surface area (Å²) in [4.78, 5) is 26.9. The lowest BCUT2D eigenvalue weighted by Crippen LogP contribution is -2.54. The van der Waals surface area contributed by atoms with Crippen LogP contribution in [0.3, 0.4) is 0 Å². The second kappa shape index (κ2) is 8.81. The zero-order chi connectivity index (χ0) is 22.9. The Kier molecular flexibility index (Phi) is 6.53. The molecule has 3 rings (SSSR count). The van der Waals surface area contributed by atoms with Gasteiger partial charge in [0, 0.05) is 37.3 Å². The molecule has 1 N–H and O–H groups in total. The third-order valence-electron chi connectivity index (χ3n) is 5.01. The highest BCUT2D eigenvalue weighted by Gasteiger charge is 2.32. The van der Waals surface area contributed by atoms with Crippen LogP contribution < -0.4 is 9.62 Å². The molecule has 168 valence electrons. The molecule has 0 radical (unpaired) electrons. The molecule has 1 amide bonds. The molecule has 0 spiro atoms. The van der Waals surface area contributed by atoms with Crippen molar-refractivity contribution in [3.05, 3.63) is 44.8 Å². The molecular weight excluding hydrogens is 450 g/mol. The average molecular weight is 472 g/mol. The summed E-state index contributed by atoms with van der Waals surface area (Å²) in [6.45, 7) is 5.75. The first-order valence-electron chi connectivity index (χ1n) is 9.44. The summed E-state index contributed by atoms with van der Waals surface area (Å²) in [6, 6.07) is 3.45. The highest BCUT2D eigenvalue weighted by molar-refractivity contribution is 7.89. The SMILES string of the molecule is Cc1noc(C)c1S(=O)(=O)N[C@@H](C)C(=O)N1CCN(c2ccc(Cl)cc2[N+](=O)[O-])CC1. The van der Waals surface area contributed by atoms with Crippen LogP contribution in [0.1, 0.15) is 18.4 Å². The van der Waals surface area contributed by atoms with Crippen molar-refractivity contribution in [2.24, 2.45) is 0 Å². The molecule has 2 aromatic rings. The average Bonchev–Trinajstić information content (AvgIpc) is 3.06. The molecule has 0 saturated carbocycles. The van der Waals surface area contributed by atoms with E-state index in [-0.39, 0.29) is 46.1 Å². The molecule has 1 aliphatic heterocycles. The highest BCUT2D eigenvalue weighted by Crippen LogP contribution is 2.31. The van der Waals surface area contributed by atoms with Crippen molar-refractivity contribution < 1.29 is 22.7 Å². The summed E-state index contributed by atoms with van der Waals surface area (Å²) in [5.74, 6) is -0.247. The molecule has 1 atom stereocenters. The number of sulfonamides is 1. The van der Waals surface area contributed by atoms with E-state index in [1.54, 1.807) is 17.0 Å². The van der Waals surface area contributed by atoms with E-state index in [0.29, 0.717) is 18.8 Å². The number of aryl methyl sites for hydroxylation is 2. The lowest BCUT2D eigenvalue weighted by Gasteiger charge is -2.36. The van der Waals surface area contributed by atoms with Crippen LogP contribution in [0.2, 0.25) is 5.02 Å². The minimum absolute atomic E-state index is 0.0768. The quantitative estimate of drug-likeness (QED) is 0.497. The fourth-order valence-corrected chi connectivity index (χ4v) is 5.24. The molecule has 2 heterocycles. The molecule has 0 unspecified atom stereocenters. The van der Waals surface area contributed by atoms with Crippen LogP contribution in [0, 0.1) is 24.0 Å². The first-order valence-corrected chi connectivity index (χ1v) is 11.3. The van der Waals surface area contributed by atoms with Crippen molar-refractivity contribution in [3.8, 4) is 0 Å². The first-order chi connectivity index (χ1) is 14.5. The van der Waals surface area contributed by atoms with E-state index in [1.807, 2.05) is 0 Å². The summed E-state index contributed by atoms with van der Waals surface area (Å²) < 4.78 is 32.5. The Bertz CT molecular complexity index is 1090.